The van der Waals surface area contributed by atoms with Crippen LogP contribution in [0.1, 0.15) is 18.5 Å². The highest BCUT2D eigenvalue weighted by molar-refractivity contribution is 5.88. The van der Waals surface area contributed by atoms with Gasteiger partial charge in [0.15, 0.2) is 0 Å². The molecule has 0 spiro atoms. The Balaban J connectivity index is 1.89. The van der Waals surface area contributed by atoms with Gasteiger partial charge in [-0.2, -0.15) is 10.2 Å². The molecule has 1 aromatic heterocycles. The van der Waals surface area contributed by atoms with Gasteiger partial charge in [-0.3, -0.25) is 4.98 Å². The predicted octanol–water partition coefficient (Wildman–Crippen LogP) is 5.22. The molecule has 2 aromatic carbocycles. The monoisotopic (exact) mass is 279 g/mol. The van der Waals surface area contributed by atoms with Crippen LogP contribution in [0, 0.1) is 5.82 Å². The van der Waals surface area contributed by atoms with Crippen LogP contribution in [-0.2, 0) is 0 Å². The molecule has 0 radical (unpaired) electrons. The van der Waals surface area contributed by atoms with Crippen LogP contribution in [0.5, 0.6) is 0 Å². The summed E-state index contributed by atoms with van der Waals surface area (Å²) in [6, 6.07) is 15.9. The van der Waals surface area contributed by atoms with E-state index >= 15 is 0 Å². The summed E-state index contributed by atoms with van der Waals surface area (Å²) in [7, 11) is 0. The molecule has 21 heavy (non-hydrogen) atoms. The van der Waals surface area contributed by atoms with Crippen LogP contribution in [-0.4, -0.2) is 4.98 Å². The summed E-state index contributed by atoms with van der Waals surface area (Å²) in [5, 5.41) is 9.64. The third kappa shape index (κ3) is 2.94. The Labute approximate surface area is 122 Å². The van der Waals surface area contributed by atoms with Crippen LogP contribution >= 0.6 is 0 Å². The third-order valence-corrected chi connectivity index (χ3v) is 3.30. The van der Waals surface area contributed by atoms with Crippen LogP contribution in [0.2, 0.25) is 0 Å². The molecule has 3 nitrogen and oxygen atoms in total. The summed E-state index contributed by atoms with van der Waals surface area (Å²) in [5.41, 5.74) is 2.49. The Morgan fingerprint density at radius 3 is 2.57 bits per heavy atom. The van der Waals surface area contributed by atoms with E-state index in [1.54, 1.807) is 18.3 Å². The largest absolute Gasteiger partial charge is 0.254 e. The van der Waals surface area contributed by atoms with E-state index in [1.165, 1.54) is 12.1 Å². The van der Waals surface area contributed by atoms with Crippen molar-refractivity contribution in [3.63, 3.8) is 0 Å². The van der Waals surface area contributed by atoms with Crippen LogP contribution in [0.3, 0.4) is 0 Å². The third-order valence-electron chi connectivity index (χ3n) is 3.30. The van der Waals surface area contributed by atoms with E-state index in [0.717, 1.165) is 22.2 Å². The van der Waals surface area contributed by atoms with Gasteiger partial charge in [-0.05, 0) is 36.8 Å². The second kappa shape index (κ2) is 5.79. The first kappa shape index (κ1) is 13.4. The molecule has 4 heteroatoms. The average molecular weight is 279 g/mol. The fourth-order valence-corrected chi connectivity index (χ4v) is 2.13. The molecule has 3 rings (SSSR count). The Morgan fingerprint density at radius 2 is 1.76 bits per heavy atom. The topological polar surface area (TPSA) is 37.6 Å². The lowest BCUT2D eigenvalue weighted by Crippen LogP contribution is -1.88. The Bertz CT molecular complexity index is 776. The lowest BCUT2D eigenvalue weighted by molar-refractivity contribution is 0.625. The number of hydrogen-bond donors (Lipinski definition) is 0. The molecule has 0 aliphatic heterocycles. The van der Waals surface area contributed by atoms with Gasteiger partial charge in [0.2, 0.25) is 0 Å². The maximum atomic E-state index is 12.9. The van der Waals surface area contributed by atoms with Crippen LogP contribution < -0.4 is 0 Å². The molecule has 0 saturated heterocycles. The molecule has 0 bridgehead atoms. The molecule has 0 aliphatic carbocycles. The van der Waals surface area contributed by atoms with Gasteiger partial charge in [0.1, 0.15) is 11.5 Å². The molecular weight excluding hydrogens is 265 g/mol. The van der Waals surface area contributed by atoms with Crippen molar-refractivity contribution in [1.29, 1.82) is 0 Å². The number of para-hydroxylation sites is 1. The van der Waals surface area contributed by atoms with Gasteiger partial charge in [0.25, 0.3) is 0 Å². The van der Waals surface area contributed by atoms with E-state index in [2.05, 4.69) is 15.2 Å². The first-order valence-corrected chi connectivity index (χ1v) is 6.74. The van der Waals surface area contributed by atoms with Crippen molar-refractivity contribution in [1.82, 2.24) is 4.98 Å². The molecular formula is C17H14FN3. The number of nitrogens with zero attached hydrogens (tertiary/aromatic N) is 3. The number of hydrogen-bond acceptors (Lipinski definition) is 3. The molecule has 1 atom stereocenters. The van der Waals surface area contributed by atoms with Crippen LogP contribution in [0.4, 0.5) is 10.1 Å². The summed E-state index contributed by atoms with van der Waals surface area (Å²) in [6.45, 7) is 1.93. The average Bonchev–Trinajstić information content (AvgIpc) is 2.53. The standard InChI is InChI=1S/C17H14FN3/c1-12(13-7-9-15(18)10-8-13)20-21-16-6-2-4-14-5-3-11-19-17(14)16/h2-12H,1H3. The summed E-state index contributed by atoms with van der Waals surface area (Å²) in [6.07, 6.45) is 1.74. The number of benzene rings is 2. The lowest BCUT2D eigenvalue weighted by atomic mass is 10.1. The van der Waals surface area contributed by atoms with E-state index in [0.29, 0.717) is 0 Å². The quantitative estimate of drug-likeness (QED) is 0.606. The Hall–Kier alpha value is -2.62. The zero-order chi connectivity index (χ0) is 14.7. The van der Waals surface area contributed by atoms with Crippen molar-refractivity contribution < 1.29 is 4.39 Å². The van der Waals surface area contributed by atoms with E-state index in [1.807, 2.05) is 37.3 Å². The Morgan fingerprint density at radius 1 is 1.00 bits per heavy atom. The van der Waals surface area contributed by atoms with E-state index < -0.39 is 0 Å². The number of halogens is 1. The summed E-state index contributed by atoms with van der Waals surface area (Å²) in [4.78, 5) is 4.34. The predicted molar refractivity (Wildman–Crippen MR) is 81.1 cm³/mol. The molecule has 0 saturated carbocycles. The SMILES string of the molecule is CC(N=Nc1cccc2cccnc12)c1ccc(F)cc1. The molecule has 1 unspecified atom stereocenters. The van der Waals surface area contributed by atoms with E-state index in [9.17, 15) is 4.39 Å². The number of aromatic nitrogens is 1. The zero-order valence-corrected chi connectivity index (χ0v) is 11.6. The van der Waals surface area contributed by atoms with Crippen LogP contribution in [0.15, 0.2) is 71.0 Å². The lowest BCUT2D eigenvalue weighted by Gasteiger charge is -2.05. The molecule has 104 valence electrons. The highest BCUT2D eigenvalue weighted by atomic mass is 19.1. The van der Waals surface area contributed by atoms with Gasteiger partial charge in [0, 0.05) is 11.6 Å². The van der Waals surface area contributed by atoms with Crippen molar-refractivity contribution in [3.8, 4) is 0 Å². The molecule has 0 fully saturated rings. The highest BCUT2D eigenvalue weighted by Gasteiger charge is 2.05. The van der Waals surface area contributed by atoms with E-state index in [4.69, 9.17) is 0 Å². The van der Waals surface area contributed by atoms with Crippen molar-refractivity contribution in [2.45, 2.75) is 13.0 Å². The van der Waals surface area contributed by atoms with Gasteiger partial charge < -0.3 is 0 Å². The second-order valence-corrected chi connectivity index (χ2v) is 4.80. The fraction of sp³-hybridized carbons (Fsp3) is 0.118. The second-order valence-electron chi connectivity index (χ2n) is 4.80. The normalized spacial score (nSPS) is 12.9. The van der Waals surface area contributed by atoms with Gasteiger partial charge in [-0.1, -0.05) is 30.3 Å². The van der Waals surface area contributed by atoms with Crippen molar-refractivity contribution in [2.24, 2.45) is 10.2 Å². The smallest absolute Gasteiger partial charge is 0.123 e. The van der Waals surface area contributed by atoms with Crippen molar-refractivity contribution >= 4 is 16.6 Å². The Kier molecular flexibility index (Phi) is 3.69. The highest BCUT2D eigenvalue weighted by Crippen LogP contribution is 2.26. The number of pyridine rings is 1. The van der Waals surface area contributed by atoms with Gasteiger partial charge in [0.05, 0.1) is 11.6 Å². The fourth-order valence-electron chi connectivity index (χ4n) is 2.13. The van der Waals surface area contributed by atoms with Crippen molar-refractivity contribution in [2.75, 3.05) is 0 Å². The molecule has 3 aromatic rings. The molecule has 0 N–H and O–H groups in total. The minimum absolute atomic E-state index is 0.135. The number of azo groups is 1. The first-order valence-electron chi connectivity index (χ1n) is 6.74. The molecule has 0 amide bonds. The van der Waals surface area contributed by atoms with Gasteiger partial charge in [-0.25, -0.2) is 4.39 Å². The molecule has 0 aliphatic rings. The number of fused-ring (bicyclic) bond motifs is 1. The van der Waals surface area contributed by atoms with Gasteiger partial charge >= 0.3 is 0 Å². The molecule has 1 heterocycles. The maximum Gasteiger partial charge on any atom is 0.123 e. The maximum absolute atomic E-state index is 12.9. The van der Waals surface area contributed by atoms with E-state index in [-0.39, 0.29) is 11.9 Å². The van der Waals surface area contributed by atoms with Gasteiger partial charge in [-0.15, -0.1) is 0 Å². The van der Waals surface area contributed by atoms with Crippen LogP contribution in [0.25, 0.3) is 10.9 Å². The van der Waals surface area contributed by atoms with Crippen molar-refractivity contribution in [3.05, 3.63) is 72.2 Å². The summed E-state index contributed by atoms with van der Waals surface area (Å²) in [5.74, 6) is -0.249. The summed E-state index contributed by atoms with van der Waals surface area (Å²) < 4.78 is 12.9. The summed E-state index contributed by atoms with van der Waals surface area (Å²) >= 11 is 0. The minimum atomic E-state index is -0.249. The first-order chi connectivity index (χ1) is 10.2. The number of rotatable bonds is 3. The minimum Gasteiger partial charge on any atom is -0.254 e. The zero-order valence-electron chi connectivity index (χ0n) is 11.6.